The third-order valence-electron chi connectivity index (χ3n) is 5.03. The zero-order chi connectivity index (χ0) is 18.7. The third kappa shape index (κ3) is 3.64. The van der Waals surface area contributed by atoms with Crippen LogP contribution in [-0.2, 0) is 16.0 Å². The van der Waals surface area contributed by atoms with Gasteiger partial charge >= 0.3 is 0 Å². The van der Waals surface area contributed by atoms with Crippen LogP contribution in [0.3, 0.4) is 0 Å². The maximum absolute atomic E-state index is 13.1. The summed E-state index contributed by atoms with van der Waals surface area (Å²) in [7, 11) is 0. The number of hydrogen-bond donors (Lipinski definition) is 0. The Kier molecular flexibility index (Phi) is 5.40. The topological polar surface area (TPSA) is 40.6 Å². The lowest BCUT2D eigenvalue weighted by Gasteiger charge is -2.25. The number of benzene rings is 2. The van der Waals surface area contributed by atoms with E-state index in [2.05, 4.69) is 6.92 Å². The summed E-state index contributed by atoms with van der Waals surface area (Å²) in [4.78, 5) is 29.1. The molecule has 2 amide bonds. The number of rotatable bonds is 5. The number of amides is 2. The molecule has 136 valence electrons. The van der Waals surface area contributed by atoms with E-state index in [0.29, 0.717) is 13.1 Å². The minimum Gasteiger partial charge on any atom is -0.312 e. The van der Waals surface area contributed by atoms with Gasteiger partial charge in [-0.25, -0.2) is 0 Å². The molecule has 1 saturated heterocycles. The Hall–Kier alpha value is -2.62. The van der Waals surface area contributed by atoms with Crippen LogP contribution in [0.5, 0.6) is 0 Å². The molecule has 3 rings (SSSR count). The Morgan fingerprint density at radius 2 is 1.88 bits per heavy atom. The standard InChI is InChI=1S/C22H26N2O2/c1-4-17-9-11-19(12-10-17)24-15-18(14-21(24)25)22(26)23(5-2)20-8-6-7-16(3)13-20/h6-13,18H,4-5,14-15H2,1-3H3. The Balaban J connectivity index is 1.77. The number of carbonyl (C=O) groups excluding carboxylic acids is 2. The molecule has 0 N–H and O–H groups in total. The molecule has 1 fully saturated rings. The SMILES string of the molecule is CCc1ccc(N2CC(C(=O)N(CC)c3cccc(C)c3)CC2=O)cc1. The van der Waals surface area contributed by atoms with E-state index in [0.717, 1.165) is 23.4 Å². The predicted molar refractivity (Wildman–Crippen MR) is 105 cm³/mol. The van der Waals surface area contributed by atoms with Crippen molar-refractivity contribution in [2.45, 2.75) is 33.6 Å². The van der Waals surface area contributed by atoms with Gasteiger partial charge < -0.3 is 9.80 Å². The van der Waals surface area contributed by atoms with Crippen molar-refractivity contribution in [3.05, 3.63) is 59.7 Å². The quantitative estimate of drug-likeness (QED) is 0.819. The molecule has 0 aliphatic carbocycles. The Bertz CT molecular complexity index is 798. The summed E-state index contributed by atoms with van der Waals surface area (Å²) in [6.07, 6.45) is 1.24. The van der Waals surface area contributed by atoms with E-state index in [-0.39, 0.29) is 24.2 Å². The van der Waals surface area contributed by atoms with Crippen molar-refractivity contribution >= 4 is 23.2 Å². The summed E-state index contributed by atoms with van der Waals surface area (Å²) < 4.78 is 0. The average molecular weight is 350 g/mol. The van der Waals surface area contributed by atoms with E-state index in [1.165, 1.54) is 5.56 Å². The van der Waals surface area contributed by atoms with Crippen molar-refractivity contribution in [1.29, 1.82) is 0 Å². The highest BCUT2D eigenvalue weighted by Crippen LogP contribution is 2.28. The van der Waals surface area contributed by atoms with Crippen molar-refractivity contribution in [3.8, 4) is 0 Å². The van der Waals surface area contributed by atoms with Crippen LogP contribution in [-0.4, -0.2) is 24.9 Å². The molecule has 1 unspecified atom stereocenters. The minimum atomic E-state index is -0.297. The van der Waals surface area contributed by atoms with Gasteiger partial charge in [-0.3, -0.25) is 9.59 Å². The number of nitrogens with zero attached hydrogens (tertiary/aromatic N) is 2. The van der Waals surface area contributed by atoms with Crippen molar-refractivity contribution < 1.29 is 9.59 Å². The van der Waals surface area contributed by atoms with Gasteiger partial charge in [-0.05, 0) is 55.7 Å². The molecule has 4 nitrogen and oxygen atoms in total. The fourth-order valence-electron chi connectivity index (χ4n) is 3.52. The van der Waals surface area contributed by atoms with Gasteiger partial charge in [0.2, 0.25) is 11.8 Å². The van der Waals surface area contributed by atoms with Crippen molar-refractivity contribution in [2.24, 2.45) is 5.92 Å². The van der Waals surface area contributed by atoms with Crippen LogP contribution < -0.4 is 9.80 Å². The molecular weight excluding hydrogens is 324 g/mol. The second-order valence-corrected chi connectivity index (χ2v) is 6.85. The zero-order valence-corrected chi connectivity index (χ0v) is 15.7. The first-order valence-electron chi connectivity index (χ1n) is 9.30. The van der Waals surface area contributed by atoms with Crippen LogP contribution in [0.1, 0.15) is 31.4 Å². The van der Waals surface area contributed by atoms with Crippen molar-refractivity contribution in [1.82, 2.24) is 0 Å². The Morgan fingerprint density at radius 3 is 2.50 bits per heavy atom. The molecule has 0 bridgehead atoms. The van der Waals surface area contributed by atoms with Gasteiger partial charge in [0.15, 0.2) is 0 Å². The summed E-state index contributed by atoms with van der Waals surface area (Å²) >= 11 is 0. The first-order valence-corrected chi connectivity index (χ1v) is 9.30. The smallest absolute Gasteiger partial charge is 0.232 e. The molecule has 1 aliphatic rings. The van der Waals surface area contributed by atoms with Crippen molar-refractivity contribution in [3.63, 3.8) is 0 Å². The largest absolute Gasteiger partial charge is 0.312 e. The summed E-state index contributed by atoms with van der Waals surface area (Å²) in [5, 5.41) is 0. The lowest BCUT2D eigenvalue weighted by molar-refractivity contribution is -0.124. The van der Waals surface area contributed by atoms with Gasteiger partial charge in [0.05, 0.1) is 5.92 Å². The van der Waals surface area contributed by atoms with Crippen LogP contribution >= 0.6 is 0 Å². The summed E-state index contributed by atoms with van der Waals surface area (Å²) in [5.41, 5.74) is 4.13. The molecule has 2 aromatic rings. The maximum atomic E-state index is 13.1. The van der Waals surface area contributed by atoms with Gasteiger partial charge in [0.1, 0.15) is 0 Å². The van der Waals surface area contributed by atoms with Gasteiger partial charge in [-0.15, -0.1) is 0 Å². The lowest BCUT2D eigenvalue weighted by atomic mass is 10.1. The number of aryl methyl sites for hydroxylation is 2. The molecule has 0 aromatic heterocycles. The van der Waals surface area contributed by atoms with E-state index < -0.39 is 0 Å². The van der Waals surface area contributed by atoms with E-state index in [1.807, 2.05) is 62.4 Å². The lowest BCUT2D eigenvalue weighted by Crippen LogP contribution is -2.37. The molecule has 0 radical (unpaired) electrons. The maximum Gasteiger partial charge on any atom is 0.232 e. The molecule has 1 atom stereocenters. The van der Waals surface area contributed by atoms with E-state index in [9.17, 15) is 9.59 Å². The normalized spacial score (nSPS) is 16.8. The van der Waals surface area contributed by atoms with E-state index in [1.54, 1.807) is 9.80 Å². The first-order chi connectivity index (χ1) is 12.5. The second kappa shape index (κ2) is 7.73. The zero-order valence-electron chi connectivity index (χ0n) is 15.7. The van der Waals surface area contributed by atoms with Crippen LogP contribution in [0.2, 0.25) is 0 Å². The average Bonchev–Trinajstić information content (AvgIpc) is 3.04. The molecule has 0 spiro atoms. The van der Waals surface area contributed by atoms with Crippen LogP contribution in [0, 0.1) is 12.8 Å². The highest BCUT2D eigenvalue weighted by atomic mass is 16.2. The van der Waals surface area contributed by atoms with E-state index >= 15 is 0 Å². The van der Waals surface area contributed by atoms with Gasteiger partial charge in [-0.1, -0.05) is 31.2 Å². The predicted octanol–water partition coefficient (Wildman–Crippen LogP) is 3.96. The van der Waals surface area contributed by atoms with Crippen LogP contribution in [0.4, 0.5) is 11.4 Å². The van der Waals surface area contributed by atoms with Crippen LogP contribution in [0.15, 0.2) is 48.5 Å². The molecule has 1 aliphatic heterocycles. The number of anilines is 2. The van der Waals surface area contributed by atoms with E-state index in [4.69, 9.17) is 0 Å². The second-order valence-electron chi connectivity index (χ2n) is 6.85. The first kappa shape index (κ1) is 18.2. The Morgan fingerprint density at radius 1 is 1.15 bits per heavy atom. The van der Waals surface area contributed by atoms with Crippen LogP contribution in [0.25, 0.3) is 0 Å². The number of hydrogen-bond acceptors (Lipinski definition) is 2. The third-order valence-corrected chi connectivity index (χ3v) is 5.03. The molecule has 2 aromatic carbocycles. The molecule has 26 heavy (non-hydrogen) atoms. The summed E-state index contributed by atoms with van der Waals surface area (Å²) in [5.74, 6) is -0.249. The fourth-order valence-corrected chi connectivity index (χ4v) is 3.52. The van der Waals surface area contributed by atoms with Gasteiger partial charge in [0, 0.05) is 30.9 Å². The summed E-state index contributed by atoms with van der Waals surface area (Å²) in [6, 6.07) is 16.0. The molecule has 4 heteroatoms. The van der Waals surface area contributed by atoms with Gasteiger partial charge in [0.25, 0.3) is 0 Å². The monoisotopic (exact) mass is 350 g/mol. The molecular formula is C22H26N2O2. The highest BCUT2D eigenvalue weighted by molar-refractivity contribution is 6.04. The minimum absolute atomic E-state index is 0.0212. The molecule has 0 saturated carbocycles. The Labute approximate surface area is 155 Å². The van der Waals surface area contributed by atoms with Gasteiger partial charge in [-0.2, -0.15) is 0 Å². The van der Waals surface area contributed by atoms with Crippen molar-refractivity contribution in [2.75, 3.05) is 22.9 Å². The highest BCUT2D eigenvalue weighted by Gasteiger charge is 2.37. The molecule has 1 heterocycles. The fraction of sp³-hybridized carbons (Fsp3) is 0.364. The number of carbonyl (C=O) groups is 2. The summed E-state index contributed by atoms with van der Waals surface area (Å²) in [6.45, 7) is 7.14.